The van der Waals surface area contributed by atoms with E-state index < -0.39 is 5.41 Å². The van der Waals surface area contributed by atoms with Gasteiger partial charge in [0.25, 0.3) is 0 Å². The summed E-state index contributed by atoms with van der Waals surface area (Å²) in [5.41, 5.74) is 10.8. The lowest BCUT2D eigenvalue weighted by Crippen LogP contribution is -2.28. The normalized spacial score (nSPS) is 13.1. The fourth-order valence-electron chi connectivity index (χ4n) is 9.01. The highest BCUT2D eigenvalue weighted by atomic mass is 32.1. The molecule has 0 fully saturated rings. The molecule has 0 spiro atoms. The number of nitrogens with zero attached hydrogens (tertiary/aromatic N) is 1. The molecule has 53 heavy (non-hydrogen) atoms. The first-order chi connectivity index (χ1) is 26.3. The number of hydrogen-bond donors (Lipinski definition) is 0. The fourth-order valence-corrected chi connectivity index (χ4v) is 10.1. The van der Waals surface area contributed by atoms with Crippen molar-refractivity contribution in [3.63, 3.8) is 0 Å². The van der Waals surface area contributed by atoms with Crippen molar-refractivity contribution < 1.29 is 0 Å². The van der Waals surface area contributed by atoms with Crippen LogP contribution in [-0.2, 0) is 5.41 Å². The van der Waals surface area contributed by atoms with Gasteiger partial charge in [-0.15, -0.1) is 11.3 Å². The molecule has 0 saturated heterocycles. The van der Waals surface area contributed by atoms with Gasteiger partial charge in [-0.2, -0.15) is 0 Å². The molecule has 0 atom stereocenters. The van der Waals surface area contributed by atoms with Crippen LogP contribution in [-0.4, -0.2) is 0 Å². The summed E-state index contributed by atoms with van der Waals surface area (Å²) in [6.07, 6.45) is 0. The summed E-state index contributed by atoms with van der Waals surface area (Å²) in [4.78, 5) is 2.38. The Hall–Kier alpha value is -6.48. The Morgan fingerprint density at radius 3 is 1.64 bits per heavy atom. The fraction of sp³-hybridized carbons (Fsp3) is 0.0196. The lowest BCUT2D eigenvalue weighted by atomic mass is 9.68. The van der Waals surface area contributed by atoms with E-state index in [1.54, 1.807) is 0 Å². The van der Waals surface area contributed by atoms with Gasteiger partial charge >= 0.3 is 0 Å². The van der Waals surface area contributed by atoms with Crippen LogP contribution in [0, 0.1) is 0 Å². The van der Waals surface area contributed by atoms with E-state index in [-0.39, 0.29) is 0 Å². The van der Waals surface area contributed by atoms with Gasteiger partial charge in [0.15, 0.2) is 0 Å². The standard InChI is InChI=1S/C51H33NS/c1-3-13-36(14-4-1)51(47-20-10-7-17-42(47)43-18-8-11-21-48(43)51)37-25-27-39(28-26-37)52(38-15-5-2-6-16-38)40-29-30-41-34(31-40)23-24-35-32-46-44-19-9-12-22-49(44)53-50(46)33-45(35)41/h1-33H. The smallest absolute Gasteiger partial charge is 0.0713 e. The van der Waals surface area contributed by atoms with Gasteiger partial charge in [0, 0.05) is 37.2 Å². The Bertz CT molecular complexity index is 2950. The van der Waals surface area contributed by atoms with Crippen LogP contribution < -0.4 is 4.90 Å². The van der Waals surface area contributed by atoms with Crippen LogP contribution in [0.1, 0.15) is 22.3 Å². The number of thiophene rings is 1. The molecule has 1 aliphatic carbocycles. The van der Waals surface area contributed by atoms with Crippen molar-refractivity contribution in [1.82, 2.24) is 0 Å². The van der Waals surface area contributed by atoms with Crippen LogP contribution in [0.15, 0.2) is 200 Å². The molecule has 248 valence electrons. The molecule has 0 saturated carbocycles. The molecular formula is C51H33NS. The zero-order chi connectivity index (χ0) is 34.9. The van der Waals surface area contributed by atoms with Gasteiger partial charge in [0.2, 0.25) is 0 Å². The van der Waals surface area contributed by atoms with Gasteiger partial charge in [-0.1, -0.05) is 146 Å². The van der Waals surface area contributed by atoms with Crippen LogP contribution in [0.5, 0.6) is 0 Å². The number of rotatable bonds is 5. The van der Waals surface area contributed by atoms with Gasteiger partial charge in [-0.05, 0) is 110 Å². The number of anilines is 3. The highest BCUT2D eigenvalue weighted by Crippen LogP contribution is 2.56. The van der Waals surface area contributed by atoms with Crippen molar-refractivity contribution in [3.8, 4) is 11.1 Å². The van der Waals surface area contributed by atoms with Gasteiger partial charge in [0.1, 0.15) is 0 Å². The van der Waals surface area contributed by atoms with Crippen molar-refractivity contribution in [1.29, 1.82) is 0 Å². The predicted octanol–water partition coefficient (Wildman–Crippen LogP) is 14.2. The molecule has 1 aliphatic rings. The maximum absolute atomic E-state index is 2.40. The summed E-state index contributed by atoms with van der Waals surface area (Å²) < 4.78 is 2.67. The molecule has 0 radical (unpaired) electrons. The maximum atomic E-state index is 2.40. The van der Waals surface area contributed by atoms with Gasteiger partial charge in [0.05, 0.1) is 5.41 Å². The quantitative estimate of drug-likeness (QED) is 0.162. The van der Waals surface area contributed by atoms with Crippen LogP contribution in [0.25, 0.3) is 52.8 Å². The van der Waals surface area contributed by atoms with Crippen LogP contribution >= 0.6 is 11.3 Å². The van der Waals surface area contributed by atoms with Crippen molar-refractivity contribution in [2.45, 2.75) is 5.41 Å². The summed E-state index contributed by atoms with van der Waals surface area (Å²) in [6.45, 7) is 0. The molecule has 11 rings (SSSR count). The molecule has 9 aromatic carbocycles. The van der Waals surface area contributed by atoms with E-state index in [4.69, 9.17) is 0 Å². The minimum atomic E-state index is -0.422. The summed E-state index contributed by atoms with van der Waals surface area (Å²) in [6, 6.07) is 74.0. The van der Waals surface area contributed by atoms with E-state index in [1.165, 1.54) is 75.1 Å². The number of para-hydroxylation sites is 1. The van der Waals surface area contributed by atoms with Crippen molar-refractivity contribution in [2.75, 3.05) is 4.90 Å². The van der Waals surface area contributed by atoms with E-state index in [0.717, 1.165) is 17.1 Å². The van der Waals surface area contributed by atoms with Crippen molar-refractivity contribution >= 4 is 70.1 Å². The molecular weight excluding hydrogens is 659 g/mol. The third-order valence-corrected chi connectivity index (χ3v) is 12.4. The summed E-state index contributed by atoms with van der Waals surface area (Å²) >= 11 is 1.88. The first-order valence-electron chi connectivity index (χ1n) is 18.3. The van der Waals surface area contributed by atoms with Gasteiger partial charge < -0.3 is 4.90 Å². The maximum Gasteiger partial charge on any atom is 0.0713 e. The minimum Gasteiger partial charge on any atom is -0.310 e. The Balaban J connectivity index is 1.07. The second-order valence-electron chi connectivity index (χ2n) is 14.1. The third-order valence-electron chi connectivity index (χ3n) is 11.3. The summed E-state index contributed by atoms with van der Waals surface area (Å²) in [5, 5.41) is 7.76. The number of fused-ring (bicyclic) bond motifs is 9. The molecule has 0 N–H and O–H groups in total. The minimum absolute atomic E-state index is 0.422. The number of benzene rings is 9. The van der Waals surface area contributed by atoms with Gasteiger partial charge in [-0.25, -0.2) is 0 Å². The Morgan fingerprint density at radius 1 is 0.340 bits per heavy atom. The Labute approximate surface area is 312 Å². The molecule has 1 aromatic heterocycles. The lowest BCUT2D eigenvalue weighted by Gasteiger charge is -2.34. The molecule has 0 bridgehead atoms. The van der Waals surface area contributed by atoms with Crippen LogP contribution in [0.2, 0.25) is 0 Å². The first-order valence-corrected chi connectivity index (χ1v) is 19.1. The zero-order valence-corrected chi connectivity index (χ0v) is 29.7. The van der Waals surface area contributed by atoms with E-state index in [2.05, 4.69) is 205 Å². The molecule has 10 aromatic rings. The second-order valence-corrected chi connectivity index (χ2v) is 15.1. The lowest BCUT2D eigenvalue weighted by molar-refractivity contribution is 0.768. The second kappa shape index (κ2) is 11.8. The average molecular weight is 692 g/mol. The first kappa shape index (κ1) is 30.2. The van der Waals surface area contributed by atoms with E-state index >= 15 is 0 Å². The summed E-state index contributed by atoms with van der Waals surface area (Å²) in [7, 11) is 0. The predicted molar refractivity (Wildman–Crippen MR) is 226 cm³/mol. The molecule has 0 unspecified atom stereocenters. The molecule has 2 heteroatoms. The van der Waals surface area contributed by atoms with E-state index in [9.17, 15) is 0 Å². The van der Waals surface area contributed by atoms with E-state index in [0.29, 0.717) is 0 Å². The SMILES string of the molecule is c1ccc(N(c2ccc(C3(c4ccccc4)c4ccccc4-c4ccccc43)cc2)c2ccc3c(ccc4cc5c(cc43)sc3ccccc35)c2)cc1. The average Bonchev–Trinajstić information content (AvgIpc) is 3.74. The largest absolute Gasteiger partial charge is 0.310 e. The zero-order valence-electron chi connectivity index (χ0n) is 28.9. The molecule has 1 nitrogen and oxygen atoms in total. The van der Waals surface area contributed by atoms with Crippen LogP contribution in [0.4, 0.5) is 17.1 Å². The monoisotopic (exact) mass is 691 g/mol. The Morgan fingerprint density at radius 2 is 0.906 bits per heavy atom. The molecule has 0 amide bonds. The highest BCUT2D eigenvalue weighted by molar-refractivity contribution is 7.25. The molecule has 0 aliphatic heterocycles. The van der Waals surface area contributed by atoms with Gasteiger partial charge in [-0.3, -0.25) is 0 Å². The van der Waals surface area contributed by atoms with Crippen molar-refractivity contribution in [3.05, 3.63) is 222 Å². The Kier molecular flexibility index (Phi) is 6.71. The van der Waals surface area contributed by atoms with Crippen LogP contribution in [0.3, 0.4) is 0 Å². The van der Waals surface area contributed by atoms with E-state index in [1.807, 2.05) is 11.3 Å². The topological polar surface area (TPSA) is 3.24 Å². The van der Waals surface area contributed by atoms with Crippen molar-refractivity contribution in [2.24, 2.45) is 0 Å². The highest BCUT2D eigenvalue weighted by Gasteiger charge is 2.45. The third kappa shape index (κ3) is 4.49. The summed E-state index contributed by atoms with van der Waals surface area (Å²) in [5.74, 6) is 0. The molecule has 1 heterocycles. The number of hydrogen-bond acceptors (Lipinski definition) is 2.